The van der Waals surface area contributed by atoms with Gasteiger partial charge in [-0.25, -0.2) is 0 Å². The lowest BCUT2D eigenvalue weighted by Gasteiger charge is -2.20. The summed E-state index contributed by atoms with van der Waals surface area (Å²) in [7, 11) is 0. The number of carbonyl (C=O) groups is 2. The molecule has 5 rings (SSSR count). The second-order valence-corrected chi connectivity index (χ2v) is 10.3. The lowest BCUT2D eigenvalue weighted by molar-refractivity contribution is -0.116. The molecule has 1 atom stereocenters. The van der Waals surface area contributed by atoms with Crippen LogP contribution in [0, 0.1) is 0 Å². The first kappa shape index (κ1) is 25.7. The third-order valence-electron chi connectivity index (χ3n) is 5.80. The number of halogens is 1. The van der Waals surface area contributed by atoms with Crippen molar-refractivity contribution in [2.75, 3.05) is 23.8 Å². The van der Waals surface area contributed by atoms with Gasteiger partial charge in [0.2, 0.25) is 11.8 Å². The van der Waals surface area contributed by atoms with Crippen LogP contribution in [0.15, 0.2) is 102 Å². The van der Waals surface area contributed by atoms with Crippen LogP contribution in [0.25, 0.3) is 0 Å². The van der Waals surface area contributed by atoms with Crippen molar-refractivity contribution >= 4 is 46.6 Å². The number of benzene rings is 4. The van der Waals surface area contributed by atoms with Gasteiger partial charge < -0.3 is 20.1 Å². The van der Waals surface area contributed by atoms with Crippen LogP contribution in [0.4, 0.5) is 11.4 Å². The summed E-state index contributed by atoms with van der Waals surface area (Å²) in [6.45, 7) is 0.978. The Morgan fingerprint density at radius 2 is 1.53 bits per heavy atom. The summed E-state index contributed by atoms with van der Waals surface area (Å²) >= 11 is 7.35. The van der Waals surface area contributed by atoms with Crippen molar-refractivity contribution in [1.29, 1.82) is 0 Å². The Balaban J connectivity index is 1.30. The van der Waals surface area contributed by atoms with Crippen molar-refractivity contribution in [1.82, 2.24) is 0 Å². The zero-order valence-corrected chi connectivity index (χ0v) is 21.9. The van der Waals surface area contributed by atoms with Gasteiger partial charge >= 0.3 is 0 Å². The van der Waals surface area contributed by atoms with Crippen LogP contribution < -0.4 is 20.1 Å². The van der Waals surface area contributed by atoms with Crippen molar-refractivity contribution in [3.8, 4) is 11.5 Å². The highest BCUT2D eigenvalue weighted by molar-refractivity contribution is 8.00. The number of fused-ring (bicyclic) bond motifs is 1. The maximum absolute atomic E-state index is 13.5. The average molecular weight is 545 g/mol. The highest BCUT2D eigenvalue weighted by Gasteiger charge is 2.23. The standard InChI is InChI=1S/C30H25ClN2O4S/c31-22-11-9-20(10-12-22)17-28(34)32-23-7-4-8-25(18-23)38-29(21-5-2-1-3-6-21)30(35)33-24-13-14-26-27(19-24)37-16-15-36-26/h1-14,18-19,29H,15-17H2,(H,32,34)(H,33,35). The van der Waals surface area contributed by atoms with E-state index in [2.05, 4.69) is 10.6 Å². The Morgan fingerprint density at radius 3 is 2.32 bits per heavy atom. The Bertz CT molecular complexity index is 1430. The maximum Gasteiger partial charge on any atom is 0.242 e. The van der Waals surface area contributed by atoms with Crippen LogP contribution in [0.2, 0.25) is 5.02 Å². The molecule has 1 heterocycles. The van der Waals surface area contributed by atoms with Crippen LogP contribution in [0.5, 0.6) is 11.5 Å². The molecule has 0 saturated heterocycles. The fourth-order valence-electron chi connectivity index (χ4n) is 4.01. The number of thioether (sulfide) groups is 1. The molecule has 38 heavy (non-hydrogen) atoms. The van der Waals surface area contributed by atoms with Crippen molar-refractivity contribution in [3.63, 3.8) is 0 Å². The van der Waals surface area contributed by atoms with Crippen molar-refractivity contribution in [2.24, 2.45) is 0 Å². The SMILES string of the molecule is O=C(Cc1ccc(Cl)cc1)Nc1cccc(SC(C(=O)Nc2ccc3c(c2)OCCO3)c2ccccc2)c1. The van der Waals surface area contributed by atoms with E-state index in [1.54, 1.807) is 30.3 Å². The molecule has 0 bridgehead atoms. The van der Waals surface area contributed by atoms with Crippen molar-refractivity contribution in [2.45, 2.75) is 16.6 Å². The van der Waals surface area contributed by atoms with E-state index in [-0.39, 0.29) is 18.2 Å². The van der Waals surface area contributed by atoms with E-state index < -0.39 is 5.25 Å². The number of carbonyl (C=O) groups excluding carboxylic acids is 2. The van der Waals surface area contributed by atoms with Crippen LogP contribution in [0.1, 0.15) is 16.4 Å². The van der Waals surface area contributed by atoms with E-state index in [1.807, 2.05) is 66.7 Å². The lowest BCUT2D eigenvalue weighted by atomic mass is 10.1. The molecule has 0 radical (unpaired) electrons. The summed E-state index contributed by atoms with van der Waals surface area (Å²) in [6, 6.07) is 29.7. The number of amides is 2. The number of anilines is 2. The molecule has 2 amide bonds. The van der Waals surface area contributed by atoms with Gasteiger partial charge in [-0.2, -0.15) is 0 Å². The van der Waals surface area contributed by atoms with Gasteiger partial charge in [-0.3, -0.25) is 9.59 Å². The summed E-state index contributed by atoms with van der Waals surface area (Å²) < 4.78 is 11.2. The summed E-state index contributed by atoms with van der Waals surface area (Å²) in [5, 5.41) is 6.07. The van der Waals surface area contributed by atoms with E-state index in [4.69, 9.17) is 21.1 Å². The number of ether oxygens (including phenoxy) is 2. The molecule has 4 aromatic rings. The first-order valence-electron chi connectivity index (χ1n) is 12.1. The summed E-state index contributed by atoms with van der Waals surface area (Å²) in [5.74, 6) is 0.971. The van der Waals surface area contributed by atoms with E-state index in [9.17, 15) is 9.59 Å². The number of nitrogens with one attached hydrogen (secondary N) is 2. The molecule has 1 unspecified atom stereocenters. The molecule has 1 aliphatic heterocycles. The second-order valence-electron chi connectivity index (χ2n) is 8.64. The zero-order chi connectivity index (χ0) is 26.3. The molecule has 4 aromatic carbocycles. The zero-order valence-electron chi connectivity index (χ0n) is 20.4. The summed E-state index contributed by atoms with van der Waals surface area (Å²) in [5.41, 5.74) is 3.03. The third kappa shape index (κ3) is 6.68. The largest absolute Gasteiger partial charge is 0.486 e. The van der Waals surface area contributed by atoms with Gasteiger partial charge in [0, 0.05) is 27.4 Å². The molecule has 1 aliphatic rings. The lowest BCUT2D eigenvalue weighted by Crippen LogP contribution is -2.20. The van der Waals surface area contributed by atoms with Crippen LogP contribution in [-0.2, 0) is 16.0 Å². The fourth-order valence-corrected chi connectivity index (χ4v) is 5.22. The molecular formula is C30H25ClN2O4S. The monoisotopic (exact) mass is 544 g/mol. The predicted octanol–water partition coefficient (Wildman–Crippen LogP) is 6.76. The van der Waals surface area contributed by atoms with Crippen molar-refractivity contribution in [3.05, 3.63) is 113 Å². The Morgan fingerprint density at radius 1 is 0.789 bits per heavy atom. The average Bonchev–Trinajstić information content (AvgIpc) is 2.93. The van der Waals surface area contributed by atoms with Gasteiger partial charge in [0.1, 0.15) is 18.5 Å². The number of hydrogen-bond acceptors (Lipinski definition) is 5. The minimum Gasteiger partial charge on any atom is -0.486 e. The number of rotatable bonds is 8. The Hall–Kier alpha value is -3.94. The molecule has 0 aromatic heterocycles. The van der Waals surface area contributed by atoms with Gasteiger partial charge in [-0.1, -0.05) is 60.1 Å². The van der Waals surface area contributed by atoms with Crippen LogP contribution in [0.3, 0.4) is 0 Å². The van der Waals surface area contributed by atoms with E-state index in [0.717, 1.165) is 16.0 Å². The molecule has 8 heteroatoms. The topological polar surface area (TPSA) is 76.7 Å². The van der Waals surface area contributed by atoms with E-state index in [0.29, 0.717) is 41.1 Å². The van der Waals surface area contributed by atoms with Gasteiger partial charge in [-0.05, 0) is 53.6 Å². The Kier molecular flexibility index (Phi) is 8.16. The highest BCUT2D eigenvalue weighted by Crippen LogP contribution is 2.38. The normalized spacial score (nSPS) is 12.9. The van der Waals surface area contributed by atoms with Gasteiger partial charge in [0.15, 0.2) is 11.5 Å². The number of hydrogen-bond donors (Lipinski definition) is 2. The Labute approximate surface area is 230 Å². The highest BCUT2D eigenvalue weighted by atomic mass is 35.5. The molecule has 6 nitrogen and oxygen atoms in total. The molecule has 0 aliphatic carbocycles. The van der Waals surface area contributed by atoms with Gasteiger partial charge in [-0.15, -0.1) is 11.8 Å². The fraction of sp³-hybridized carbons (Fsp3) is 0.133. The minimum absolute atomic E-state index is 0.134. The molecule has 192 valence electrons. The minimum atomic E-state index is -0.524. The molecule has 0 saturated carbocycles. The smallest absolute Gasteiger partial charge is 0.242 e. The van der Waals surface area contributed by atoms with Crippen LogP contribution >= 0.6 is 23.4 Å². The summed E-state index contributed by atoms with van der Waals surface area (Å²) in [4.78, 5) is 26.9. The molecular weight excluding hydrogens is 520 g/mol. The van der Waals surface area contributed by atoms with Gasteiger partial charge in [0.25, 0.3) is 0 Å². The first-order chi connectivity index (χ1) is 18.5. The van der Waals surface area contributed by atoms with Gasteiger partial charge in [0.05, 0.1) is 6.42 Å². The summed E-state index contributed by atoms with van der Waals surface area (Å²) in [6.07, 6.45) is 0.235. The third-order valence-corrected chi connectivity index (χ3v) is 7.30. The second kappa shape index (κ2) is 12.1. The molecule has 2 N–H and O–H groups in total. The van der Waals surface area contributed by atoms with E-state index >= 15 is 0 Å². The first-order valence-corrected chi connectivity index (χ1v) is 13.4. The quantitative estimate of drug-likeness (QED) is 0.239. The van der Waals surface area contributed by atoms with Crippen LogP contribution in [-0.4, -0.2) is 25.0 Å². The molecule has 0 fully saturated rings. The maximum atomic E-state index is 13.5. The van der Waals surface area contributed by atoms with Crippen molar-refractivity contribution < 1.29 is 19.1 Å². The van der Waals surface area contributed by atoms with E-state index in [1.165, 1.54) is 11.8 Å². The predicted molar refractivity (Wildman–Crippen MR) is 151 cm³/mol. The molecule has 0 spiro atoms.